The van der Waals surface area contributed by atoms with Gasteiger partial charge in [0.1, 0.15) is 11.6 Å². The van der Waals surface area contributed by atoms with Crippen molar-refractivity contribution >= 4 is 29.3 Å². The van der Waals surface area contributed by atoms with Crippen LogP contribution in [0.5, 0.6) is 0 Å². The molecular weight excluding hydrogens is 316 g/mol. The molecule has 2 rings (SSSR count). The highest BCUT2D eigenvalue weighted by molar-refractivity contribution is 6.30. The Kier molecular flexibility index (Phi) is 5.52. The number of ether oxygens (including phenoxy) is 1. The van der Waals surface area contributed by atoms with E-state index in [4.69, 9.17) is 16.3 Å². The van der Waals surface area contributed by atoms with Crippen LogP contribution in [-0.2, 0) is 9.53 Å². The Morgan fingerprint density at radius 1 is 1.22 bits per heavy atom. The molecule has 0 spiro atoms. The molecule has 0 bridgehead atoms. The zero-order chi connectivity index (χ0) is 17.0. The maximum absolute atomic E-state index is 12.5. The number of likely N-dealkylation sites (tertiary alicyclic amines) is 1. The lowest BCUT2D eigenvalue weighted by atomic mass is 10.0. The lowest BCUT2D eigenvalue weighted by Crippen LogP contribution is -2.51. The number of nitrogens with one attached hydrogen (secondary N) is 1. The number of benzene rings is 1. The van der Waals surface area contributed by atoms with Crippen molar-refractivity contribution in [1.29, 1.82) is 0 Å². The number of hydrogen-bond acceptors (Lipinski definition) is 3. The van der Waals surface area contributed by atoms with E-state index in [1.807, 2.05) is 20.8 Å². The van der Waals surface area contributed by atoms with Crippen LogP contribution in [0.4, 0.5) is 10.5 Å². The van der Waals surface area contributed by atoms with Gasteiger partial charge in [-0.25, -0.2) is 4.79 Å². The molecule has 1 N–H and O–H groups in total. The van der Waals surface area contributed by atoms with Crippen molar-refractivity contribution in [2.24, 2.45) is 0 Å². The largest absolute Gasteiger partial charge is 0.444 e. The number of anilines is 1. The van der Waals surface area contributed by atoms with Crippen LogP contribution in [-0.4, -0.2) is 35.1 Å². The Balaban J connectivity index is 2.06. The van der Waals surface area contributed by atoms with E-state index in [2.05, 4.69) is 5.32 Å². The maximum atomic E-state index is 12.5. The molecule has 6 heteroatoms. The number of carbonyl (C=O) groups is 2. The van der Waals surface area contributed by atoms with Crippen LogP contribution in [0.25, 0.3) is 0 Å². The average molecular weight is 339 g/mol. The predicted molar refractivity (Wildman–Crippen MR) is 90.7 cm³/mol. The van der Waals surface area contributed by atoms with Gasteiger partial charge in [0.2, 0.25) is 5.91 Å². The summed E-state index contributed by atoms with van der Waals surface area (Å²) in [7, 11) is 0. The van der Waals surface area contributed by atoms with E-state index in [1.54, 1.807) is 24.3 Å². The first-order valence-electron chi connectivity index (χ1n) is 7.82. The number of hydrogen-bond donors (Lipinski definition) is 1. The summed E-state index contributed by atoms with van der Waals surface area (Å²) < 4.78 is 5.41. The van der Waals surface area contributed by atoms with Gasteiger partial charge in [-0.15, -0.1) is 0 Å². The highest BCUT2D eigenvalue weighted by atomic mass is 35.5. The minimum Gasteiger partial charge on any atom is -0.444 e. The summed E-state index contributed by atoms with van der Waals surface area (Å²) in [5.74, 6) is -0.196. The molecule has 1 heterocycles. The summed E-state index contributed by atoms with van der Waals surface area (Å²) in [5.41, 5.74) is 0.0836. The van der Waals surface area contributed by atoms with E-state index in [0.29, 0.717) is 23.7 Å². The number of amides is 2. The molecule has 1 saturated heterocycles. The Hall–Kier alpha value is -1.75. The number of nitrogens with zero attached hydrogens (tertiary/aromatic N) is 1. The number of rotatable bonds is 2. The molecule has 1 aromatic rings. The third-order valence-electron chi connectivity index (χ3n) is 3.55. The third kappa shape index (κ3) is 5.13. The quantitative estimate of drug-likeness (QED) is 0.884. The van der Waals surface area contributed by atoms with Crippen molar-refractivity contribution in [2.75, 3.05) is 11.9 Å². The number of halogens is 1. The molecule has 1 fully saturated rings. The SMILES string of the molecule is CC(C)(C)OC(=O)N1CCCCC1C(=O)Nc1ccc(Cl)cc1. The molecule has 1 unspecified atom stereocenters. The average Bonchev–Trinajstić information content (AvgIpc) is 2.48. The summed E-state index contributed by atoms with van der Waals surface area (Å²) in [6.45, 7) is 5.99. The summed E-state index contributed by atoms with van der Waals surface area (Å²) in [6.07, 6.45) is 1.99. The molecule has 1 atom stereocenters. The Morgan fingerprint density at radius 2 is 1.87 bits per heavy atom. The fraction of sp³-hybridized carbons (Fsp3) is 0.529. The lowest BCUT2D eigenvalue weighted by Gasteiger charge is -2.35. The summed E-state index contributed by atoms with van der Waals surface area (Å²) in [5, 5.41) is 3.45. The highest BCUT2D eigenvalue weighted by Gasteiger charge is 2.34. The Labute approximate surface area is 141 Å². The lowest BCUT2D eigenvalue weighted by molar-refractivity contribution is -0.122. The van der Waals surface area contributed by atoms with Crippen LogP contribution >= 0.6 is 11.6 Å². The molecule has 0 aromatic heterocycles. The van der Waals surface area contributed by atoms with Gasteiger partial charge in [-0.1, -0.05) is 11.6 Å². The van der Waals surface area contributed by atoms with Crippen molar-refractivity contribution in [3.05, 3.63) is 29.3 Å². The van der Waals surface area contributed by atoms with Gasteiger partial charge in [0.25, 0.3) is 0 Å². The van der Waals surface area contributed by atoms with Gasteiger partial charge >= 0.3 is 6.09 Å². The van der Waals surface area contributed by atoms with Crippen LogP contribution < -0.4 is 5.32 Å². The topological polar surface area (TPSA) is 58.6 Å². The van der Waals surface area contributed by atoms with Gasteiger partial charge in [0.05, 0.1) is 0 Å². The fourth-order valence-electron chi connectivity index (χ4n) is 2.50. The van der Waals surface area contributed by atoms with E-state index in [9.17, 15) is 9.59 Å². The zero-order valence-corrected chi connectivity index (χ0v) is 14.5. The number of carbonyl (C=O) groups excluding carboxylic acids is 2. The number of piperidine rings is 1. The smallest absolute Gasteiger partial charge is 0.410 e. The van der Waals surface area contributed by atoms with Crippen LogP contribution in [0.2, 0.25) is 5.02 Å². The molecule has 1 aliphatic rings. The molecule has 5 nitrogen and oxygen atoms in total. The van der Waals surface area contributed by atoms with Crippen molar-refractivity contribution < 1.29 is 14.3 Å². The Bertz CT molecular complexity index is 566. The second-order valence-electron chi connectivity index (χ2n) is 6.68. The molecule has 23 heavy (non-hydrogen) atoms. The molecule has 1 aliphatic heterocycles. The molecule has 0 radical (unpaired) electrons. The minimum absolute atomic E-state index is 0.196. The van der Waals surface area contributed by atoms with Crippen molar-refractivity contribution in [1.82, 2.24) is 4.90 Å². The van der Waals surface area contributed by atoms with Crippen molar-refractivity contribution in [3.8, 4) is 0 Å². The third-order valence-corrected chi connectivity index (χ3v) is 3.80. The van der Waals surface area contributed by atoms with Gasteiger partial charge in [0.15, 0.2) is 0 Å². The zero-order valence-electron chi connectivity index (χ0n) is 13.8. The second kappa shape index (κ2) is 7.21. The first-order valence-corrected chi connectivity index (χ1v) is 8.20. The van der Waals surface area contributed by atoms with E-state index in [0.717, 1.165) is 12.8 Å². The second-order valence-corrected chi connectivity index (χ2v) is 7.12. The van der Waals surface area contributed by atoms with Gasteiger partial charge < -0.3 is 10.1 Å². The molecule has 0 saturated carbocycles. The normalized spacial score (nSPS) is 18.4. The maximum Gasteiger partial charge on any atom is 0.410 e. The van der Waals surface area contributed by atoms with Crippen LogP contribution in [0.3, 0.4) is 0 Å². The predicted octanol–water partition coefficient (Wildman–Crippen LogP) is 4.07. The first-order chi connectivity index (χ1) is 10.8. The molecular formula is C17H23ClN2O3. The molecule has 126 valence electrons. The van der Waals surface area contributed by atoms with Gasteiger partial charge in [-0.2, -0.15) is 0 Å². The van der Waals surface area contributed by atoms with E-state index in [-0.39, 0.29) is 5.91 Å². The summed E-state index contributed by atoms with van der Waals surface area (Å²) in [4.78, 5) is 26.4. The summed E-state index contributed by atoms with van der Waals surface area (Å²) >= 11 is 5.84. The van der Waals surface area contributed by atoms with Gasteiger partial charge in [0, 0.05) is 17.3 Å². The van der Waals surface area contributed by atoms with Gasteiger partial charge in [-0.05, 0) is 64.3 Å². The van der Waals surface area contributed by atoms with Crippen molar-refractivity contribution in [2.45, 2.75) is 51.7 Å². The molecule has 1 aromatic carbocycles. The van der Waals surface area contributed by atoms with Crippen LogP contribution in [0, 0.1) is 0 Å². The van der Waals surface area contributed by atoms with E-state index < -0.39 is 17.7 Å². The monoisotopic (exact) mass is 338 g/mol. The van der Waals surface area contributed by atoms with Crippen molar-refractivity contribution in [3.63, 3.8) is 0 Å². The molecule has 0 aliphatic carbocycles. The minimum atomic E-state index is -0.578. The van der Waals surface area contributed by atoms with E-state index in [1.165, 1.54) is 4.90 Å². The Morgan fingerprint density at radius 3 is 2.48 bits per heavy atom. The van der Waals surface area contributed by atoms with Crippen LogP contribution in [0.15, 0.2) is 24.3 Å². The standard InChI is InChI=1S/C17H23ClN2O3/c1-17(2,3)23-16(22)20-11-5-4-6-14(20)15(21)19-13-9-7-12(18)8-10-13/h7-10,14H,4-6,11H2,1-3H3,(H,19,21). The van der Waals surface area contributed by atoms with E-state index >= 15 is 0 Å². The molecule has 2 amide bonds. The summed E-state index contributed by atoms with van der Waals surface area (Å²) in [6, 6.07) is 6.39. The van der Waals surface area contributed by atoms with Crippen LogP contribution in [0.1, 0.15) is 40.0 Å². The fourth-order valence-corrected chi connectivity index (χ4v) is 2.63. The highest BCUT2D eigenvalue weighted by Crippen LogP contribution is 2.22. The van der Waals surface area contributed by atoms with Gasteiger partial charge in [-0.3, -0.25) is 9.69 Å². The first kappa shape index (κ1) is 17.6.